The van der Waals surface area contributed by atoms with E-state index in [1.165, 1.54) is 5.56 Å². The number of hydrogen-bond donors (Lipinski definition) is 1. The number of rotatable bonds is 7. The van der Waals surface area contributed by atoms with E-state index in [0.717, 1.165) is 38.6 Å². The second-order valence-corrected chi connectivity index (χ2v) is 6.35. The predicted molar refractivity (Wildman–Crippen MR) is 86.6 cm³/mol. The molecule has 0 bridgehead atoms. The number of benzene rings is 1. The van der Waals surface area contributed by atoms with Crippen molar-refractivity contribution in [3.63, 3.8) is 0 Å². The molecule has 1 fully saturated rings. The Morgan fingerprint density at radius 2 is 2.14 bits per heavy atom. The normalized spacial score (nSPS) is 21.8. The third kappa shape index (κ3) is 4.55. The number of aliphatic hydroxyl groups is 1. The second kappa shape index (κ2) is 8.30. The Morgan fingerprint density at radius 1 is 1.36 bits per heavy atom. The molecule has 4 nitrogen and oxygen atoms in total. The first-order valence-corrected chi connectivity index (χ1v) is 8.11. The van der Waals surface area contributed by atoms with Crippen molar-refractivity contribution < 1.29 is 14.6 Å². The first kappa shape index (κ1) is 17.0. The van der Waals surface area contributed by atoms with Gasteiger partial charge >= 0.3 is 0 Å². The van der Waals surface area contributed by atoms with Crippen LogP contribution in [0.2, 0.25) is 0 Å². The van der Waals surface area contributed by atoms with Crippen LogP contribution in [-0.4, -0.2) is 49.3 Å². The number of methoxy groups -OCH3 is 1. The van der Waals surface area contributed by atoms with Gasteiger partial charge in [0.2, 0.25) is 5.91 Å². The molecular formula is C18H27NO3. The Balaban J connectivity index is 1.89. The van der Waals surface area contributed by atoms with Gasteiger partial charge in [-0.15, -0.1) is 0 Å². The summed E-state index contributed by atoms with van der Waals surface area (Å²) in [4.78, 5) is 13.9. The lowest BCUT2D eigenvalue weighted by Crippen LogP contribution is -2.48. The predicted octanol–water partition coefficient (Wildman–Crippen LogP) is 2.26. The van der Waals surface area contributed by atoms with E-state index in [1.54, 1.807) is 7.11 Å². The molecule has 1 aromatic rings. The van der Waals surface area contributed by atoms with E-state index in [2.05, 4.69) is 24.3 Å². The van der Waals surface area contributed by atoms with Crippen LogP contribution in [0.5, 0.6) is 0 Å². The second-order valence-electron chi connectivity index (χ2n) is 6.35. The van der Waals surface area contributed by atoms with Crippen LogP contribution in [0, 0.1) is 5.41 Å². The number of amides is 1. The number of aliphatic hydroxyl groups excluding tert-OH is 1. The largest absolute Gasteiger partial charge is 0.396 e. The van der Waals surface area contributed by atoms with Crippen LogP contribution in [0.4, 0.5) is 0 Å². The van der Waals surface area contributed by atoms with Gasteiger partial charge in [-0.25, -0.2) is 0 Å². The van der Waals surface area contributed by atoms with Gasteiger partial charge in [-0.3, -0.25) is 4.79 Å². The van der Waals surface area contributed by atoms with E-state index in [9.17, 15) is 9.90 Å². The lowest BCUT2D eigenvalue weighted by molar-refractivity contribution is -0.139. The van der Waals surface area contributed by atoms with Gasteiger partial charge in [0, 0.05) is 25.6 Å². The molecule has 1 atom stereocenters. The molecule has 1 saturated heterocycles. The standard InChI is InChI=1S/C18H27NO3/c1-22-13-17(21)19-12-6-11-18(14-19,15-20)10-5-9-16-7-3-2-4-8-16/h2-4,7-8,20H,5-6,9-15H2,1H3. The summed E-state index contributed by atoms with van der Waals surface area (Å²) < 4.78 is 4.94. The van der Waals surface area contributed by atoms with E-state index in [4.69, 9.17) is 4.74 Å². The molecule has 1 amide bonds. The van der Waals surface area contributed by atoms with E-state index in [-0.39, 0.29) is 24.5 Å². The van der Waals surface area contributed by atoms with Crippen LogP contribution in [0.3, 0.4) is 0 Å². The monoisotopic (exact) mass is 305 g/mol. The van der Waals surface area contributed by atoms with Crippen molar-refractivity contribution in [1.82, 2.24) is 4.90 Å². The quantitative estimate of drug-likeness (QED) is 0.840. The van der Waals surface area contributed by atoms with Crippen molar-refractivity contribution >= 4 is 5.91 Å². The van der Waals surface area contributed by atoms with Gasteiger partial charge in [0.15, 0.2) is 0 Å². The zero-order valence-electron chi connectivity index (χ0n) is 13.5. The highest BCUT2D eigenvalue weighted by Gasteiger charge is 2.36. The molecule has 0 aromatic heterocycles. The molecule has 1 aliphatic heterocycles. The minimum Gasteiger partial charge on any atom is -0.396 e. The fraction of sp³-hybridized carbons (Fsp3) is 0.611. The van der Waals surface area contributed by atoms with Crippen LogP contribution in [-0.2, 0) is 16.0 Å². The molecule has 1 aliphatic rings. The van der Waals surface area contributed by atoms with Gasteiger partial charge in [-0.05, 0) is 37.7 Å². The number of carbonyl (C=O) groups excluding carboxylic acids is 1. The molecule has 0 radical (unpaired) electrons. The van der Waals surface area contributed by atoms with Crippen LogP contribution in [0.15, 0.2) is 30.3 Å². The summed E-state index contributed by atoms with van der Waals surface area (Å²) >= 11 is 0. The van der Waals surface area contributed by atoms with E-state index in [1.807, 2.05) is 11.0 Å². The molecule has 1 heterocycles. The smallest absolute Gasteiger partial charge is 0.248 e. The molecule has 1 unspecified atom stereocenters. The van der Waals surface area contributed by atoms with Crippen molar-refractivity contribution in [2.75, 3.05) is 33.4 Å². The summed E-state index contributed by atoms with van der Waals surface area (Å²) in [6, 6.07) is 10.4. The highest BCUT2D eigenvalue weighted by atomic mass is 16.5. The number of hydrogen-bond acceptors (Lipinski definition) is 3. The van der Waals surface area contributed by atoms with Crippen LogP contribution in [0.1, 0.15) is 31.2 Å². The maximum absolute atomic E-state index is 12.0. The van der Waals surface area contributed by atoms with E-state index in [0.29, 0.717) is 6.54 Å². The number of aryl methyl sites for hydroxylation is 1. The number of carbonyl (C=O) groups is 1. The first-order chi connectivity index (χ1) is 10.7. The summed E-state index contributed by atoms with van der Waals surface area (Å²) in [5.74, 6) is 0.0306. The number of likely N-dealkylation sites (tertiary alicyclic amines) is 1. The van der Waals surface area contributed by atoms with Gasteiger partial charge in [0.05, 0.1) is 6.61 Å². The maximum Gasteiger partial charge on any atom is 0.248 e. The minimum absolute atomic E-state index is 0.0306. The zero-order chi connectivity index (χ0) is 15.8. The van der Waals surface area contributed by atoms with Gasteiger partial charge in [0.1, 0.15) is 6.61 Å². The Hall–Kier alpha value is -1.39. The molecule has 22 heavy (non-hydrogen) atoms. The van der Waals surface area contributed by atoms with E-state index < -0.39 is 0 Å². The summed E-state index contributed by atoms with van der Waals surface area (Å²) in [5.41, 5.74) is 1.19. The average Bonchev–Trinajstić information content (AvgIpc) is 2.56. The summed E-state index contributed by atoms with van der Waals surface area (Å²) in [6.45, 7) is 1.72. The number of piperidine rings is 1. The van der Waals surface area contributed by atoms with E-state index >= 15 is 0 Å². The number of nitrogens with zero attached hydrogens (tertiary/aromatic N) is 1. The highest BCUT2D eigenvalue weighted by Crippen LogP contribution is 2.34. The fourth-order valence-electron chi connectivity index (χ4n) is 3.36. The Morgan fingerprint density at radius 3 is 2.82 bits per heavy atom. The van der Waals surface area contributed by atoms with Crippen LogP contribution in [0.25, 0.3) is 0 Å². The SMILES string of the molecule is COCC(=O)N1CCCC(CO)(CCCc2ccccc2)C1. The highest BCUT2D eigenvalue weighted by molar-refractivity contribution is 5.77. The Bertz CT molecular complexity index is 463. The topological polar surface area (TPSA) is 49.8 Å². The molecule has 4 heteroatoms. The van der Waals surface area contributed by atoms with Gasteiger partial charge in [0.25, 0.3) is 0 Å². The van der Waals surface area contributed by atoms with Crippen molar-refractivity contribution in [2.24, 2.45) is 5.41 Å². The summed E-state index contributed by atoms with van der Waals surface area (Å²) in [7, 11) is 1.54. The molecule has 2 rings (SSSR count). The fourth-order valence-corrected chi connectivity index (χ4v) is 3.36. The summed E-state index contributed by atoms with van der Waals surface area (Å²) in [5, 5.41) is 9.90. The molecule has 1 N–H and O–H groups in total. The molecule has 0 spiro atoms. The Labute approximate surface area is 133 Å². The minimum atomic E-state index is -0.142. The molecule has 122 valence electrons. The Kier molecular flexibility index (Phi) is 6.40. The zero-order valence-corrected chi connectivity index (χ0v) is 13.5. The third-order valence-corrected chi connectivity index (χ3v) is 4.63. The van der Waals surface area contributed by atoms with Gasteiger partial charge < -0.3 is 14.7 Å². The van der Waals surface area contributed by atoms with Crippen molar-refractivity contribution in [2.45, 2.75) is 32.1 Å². The van der Waals surface area contributed by atoms with Crippen LogP contribution >= 0.6 is 0 Å². The van der Waals surface area contributed by atoms with Gasteiger partial charge in [-0.2, -0.15) is 0 Å². The van der Waals surface area contributed by atoms with Gasteiger partial charge in [-0.1, -0.05) is 30.3 Å². The lowest BCUT2D eigenvalue weighted by atomic mass is 9.76. The molecule has 0 aliphatic carbocycles. The van der Waals surface area contributed by atoms with Crippen molar-refractivity contribution in [3.8, 4) is 0 Å². The molecular weight excluding hydrogens is 278 g/mol. The number of ether oxygens (including phenoxy) is 1. The van der Waals surface area contributed by atoms with Crippen molar-refractivity contribution in [3.05, 3.63) is 35.9 Å². The molecule has 1 aromatic carbocycles. The third-order valence-electron chi connectivity index (χ3n) is 4.63. The lowest BCUT2D eigenvalue weighted by Gasteiger charge is -2.42. The van der Waals surface area contributed by atoms with Crippen LogP contribution < -0.4 is 0 Å². The summed E-state index contributed by atoms with van der Waals surface area (Å²) in [6.07, 6.45) is 4.97. The maximum atomic E-state index is 12.0. The molecule has 0 saturated carbocycles. The average molecular weight is 305 g/mol. The van der Waals surface area contributed by atoms with Crippen molar-refractivity contribution in [1.29, 1.82) is 0 Å². The first-order valence-electron chi connectivity index (χ1n) is 8.11.